The predicted molar refractivity (Wildman–Crippen MR) is 103 cm³/mol. The van der Waals surface area contributed by atoms with E-state index in [1.807, 2.05) is 13.8 Å². The van der Waals surface area contributed by atoms with Gasteiger partial charge in [-0.2, -0.15) is 5.10 Å². The topological polar surface area (TPSA) is 77.6 Å². The lowest BCUT2D eigenvalue weighted by Gasteiger charge is -2.13. The molecule has 0 fully saturated rings. The van der Waals surface area contributed by atoms with Crippen molar-refractivity contribution in [1.82, 2.24) is 24.5 Å². The minimum Gasteiger partial charge on any atom is -0.291 e. The fraction of sp³-hybridized carbons (Fsp3) is 0.294. The maximum Gasteiger partial charge on any atom is 0.251 e. The monoisotopic (exact) mass is 454 g/mol. The van der Waals surface area contributed by atoms with Crippen molar-refractivity contribution in [2.75, 3.05) is 5.32 Å². The van der Waals surface area contributed by atoms with Gasteiger partial charge in [-0.25, -0.2) is 14.1 Å². The van der Waals surface area contributed by atoms with Gasteiger partial charge in [0.05, 0.1) is 22.4 Å². The SMILES string of the molecule is Cc1nn(C(C)C(=O)Nc2ncn(Cc3c(F)cccc3Cl)n2)c(C)c1Br. The Morgan fingerprint density at radius 1 is 1.37 bits per heavy atom. The molecule has 27 heavy (non-hydrogen) atoms. The first kappa shape index (κ1) is 19.5. The molecular weight excluding hydrogens is 439 g/mol. The smallest absolute Gasteiger partial charge is 0.251 e. The molecule has 1 N–H and O–H groups in total. The molecule has 1 aromatic carbocycles. The second kappa shape index (κ2) is 7.77. The van der Waals surface area contributed by atoms with E-state index in [-0.39, 0.29) is 18.4 Å². The van der Waals surface area contributed by atoms with Crippen molar-refractivity contribution >= 4 is 39.4 Å². The highest BCUT2D eigenvalue weighted by Gasteiger charge is 2.21. The molecule has 0 aliphatic heterocycles. The van der Waals surface area contributed by atoms with Gasteiger partial charge in [-0.1, -0.05) is 17.7 Å². The van der Waals surface area contributed by atoms with E-state index < -0.39 is 11.9 Å². The summed E-state index contributed by atoms with van der Waals surface area (Å²) in [5.41, 5.74) is 1.96. The van der Waals surface area contributed by atoms with Crippen molar-refractivity contribution in [3.8, 4) is 0 Å². The minimum absolute atomic E-state index is 0.105. The van der Waals surface area contributed by atoms with Crippen molar-refractivity contribution in [1.29, 1.82) is 0 Å². The van der Waals surface area contributed by atoms with Crippen LogP contribution in [0.4, 0.5) is 10.3 Å². The van der Waals surface area contributed by atoms with Crippen molar-refractivity contribution in [2.45, 2.75) is 33.4 Å². The van der Waals surface area contributed by atoms with Crippen molar-refractivity contribution in [3.05, 3.63) is 56.8 Å². The Hall–Kier alpha value is -2.26. The highest BCUT2D eigenvalue weighted by molar-refractivity contribution is 9.10. The molecule has 3 rings (SSSR count). The number of amides is 1. The molecule has 2 heterocycles. The molecular formula is C17H17BrClFN6O. The van der Waals surface area contributed by atoms with E-state index in [0.29, 0.717) is 10.6 Å². The third-order valence-electron chi connectivity index (χ3n) is 4.14. The number of aryl methyl sites for hydroxylation is 1. The van der Waals surface area contributed by atoms with Crippen molar-refractivity contribution < 1.29 is 9.18 Å². The lowest BCUT2D eigenvalue weighted by Crippen LogP contribution is -2.26. The Balaban J connectivity index is 1.72. The molecule has 0 aliphatic rings. The van der Waals surface area contributed by atoms with E-state index in [0.717, 1.165) is 15.9 Å². The Morgan fingerprint density at radius 3 is 2.74 bits per heavy atom. The van der Waals surface area contributed by atoms with Gasteiger partial charge in [-0.05, 0) is 48.8 Å². The first-order valence-corrected chi connectivity index (χ1v) is 9.29. The summed E-state index contributed by atoms with van der Waals surface area (Å²) in [6.45, 7) is 5.57. The second-order valence-corrected chi connectivity index (χ2v) is 7.26. The van der Waals surface area contributed by atoms with Crippen LogP contribution in [0, 0.1) is 19.7 Å². The molecule has 3 aromatic rings. The second-order valence-electron chi connectivity index (χ2n) is 6.06. The van der Waals surface area contributed by atoms with Crippen LogP contribution in [0.25, 0.3) is 0 Å². The Bertz CT molecular complexity index is 981. The molecule has 0 saturated heterocycles. The molecule has 10 heteroatoms. The largest absolute Gasteiger partial charge is 0.291 e. The molecule has 2 aromatic heterocycles. The number of hydrogen-bond donors (Lipinski definition) is 1. The molecule has 0 bridgehead atoms. The van der Waals surface area contributed by atoms with Gasteiger partial charge in [0.25, 0.3) is 5.91 Å². The van der Waals surface area contributed by atoms with Gasteiger partial charge in [-0.3, -0.25) is 14.8 Å². The first-order valence-electron chi connectivity index (χ1n) is 8.12. The van der Waals surface area contributed by atoms with E-state index in [2.05, 4.69) is 36.4 Å². The zero-order chi connectivity index (χ0) is 19.7. The van der Waals surface area contributed by atoms with Gasteiger partial charge >= 0.3 is 0 Å². The summed E-state index contributed by atoms with van der Waals surface area (Å²) in [5.74, 6) is -0.609. The predicted octanol–water partition coefficient (Wildman–Crippen LogP) is 3.89. The minimum atomic E-state index is -0.553. The number of carbonyl (C=O) groups is 1. The lowest BCUT2D eigenvalue weighted by atomic mass is 10.2. The number of nitrogens with one attached hydrogen (secondary N) is 1. The zero-order valence-electron chi connectivity index (χ0n) is 14.9. The van der Waals surface area contributed by atoms with Gasteiger partial charge in [0.1, 0.15) is 18.2 Å². The summed E-state index contributed by atoms with van der Waals surface area (Å²) in [7, 11) is 0. The number of benzene rings is 1. The average Bonchev–Trinajstić information content (AvgIpc) is 3.17. The molecule has 142 valence electrons. The van der Waals surface area contributed by atoms with Crippen LogP contribution >= 0.6 is 27.5 Å². The average molecular weight is 456 g/mol. The Labute approximate surface area is 168 Å². The molecule has 0 aliphatic carbocycles. The van der Waals surface area contributed by atoms with E-state index in [9.17, 15) is 9.18 Å². The Kier molecular flexibility index (Phi) is 5.61. The molecule has 1 atom stereocenters. The van der Waals surface area contributed by atoms with Gasteiger partial charge in [0, 0.05) is 10.6 Å². The fourth-order valence-electron chi connectivity index (χ4n) is 2.62. The summed E-state index contributed by atoms with van der Waals surface area (Å²) >= 11 is 9.47. The maximum absolute atomic E-state index is 13.9. The third-order valence-corrected chi connectivity index (χ3v) is 5.64. The first-order chi connectivity index (χ1) is 12.8. The molecule has 0 spiro atoms. The van der Waals surface area contributed by atoms with E-state index in [1.165, 1.54) is 23.1 Å². The maximum atomic E-state index is 13.9. The zero-order valence-corrected chi connectivity index (χ0v) is 17.2. The number of hydrogen-bond acceptors (Lipinski definition) is 4. The van der Waals surface area contributed by atoms with Crippen LogP contribution in [-0.2, 0) is 11.3 Å². The Morgan fingerprint density at radius 2 is 2.11 bits per heavy atom. The van der Waals surface area contributed by atoms with Gasteiger partial charge < -0.3 is 0 Å². The molecule has 7 nitrogen and oxygen atoms in total. The normalized spacial score (nSPS) is 12.2. The standard InChI is InChI=1S/C17H17BrClFN6O/c1-9-15(18)10(2)26(23-9)11(3)16(27)22-17-21-8-25(24-17)7-12-13(19)5-4-6-14(12)20/h4-6,8,11H,7H2,1-3H3,(H,22,24,27). The van der Waals surface area contributed by atoms with Gasteiger partial charge in [-0.15, -0.1) is 5.10 Å². The van der Waals surface area contributed by atoms with E-state index in [1.54, 1.807) is 17.7 Å². The summed E-state index contributed by atoms with van der Waals surface area (Å²) in [6, 6.07) is 3.92. The quantitative estimate of drug-likeness (QED) is 0.633. The number of carbonyl (C=O) groups excluding carboxylic acids is 1. The summed E-state index contributed by atoms with van der Waals surface area (Å²) in [4.78, 5) is 16.6. The number of anilines is 1. The number of nitrogens with zero attached hydrogens (tertiary/aromatic N) is 5. The molecule has 0 radical (unpaired) electrons. The highest BCUT2D eigenvalue weighted by atomic mass is 79.9. The number of halogens is 3. The fourth-order valence-corrected chi connectivity index (χ4v) is 3.10. The van der Waals surface area contributed by atoms with E-state index in [4.69, 9.17) is 11.6 Å². The summed E-state index contributed by atoms with van der Waals surface area (Å²) in [6.07, 6.45) is 1.41. The van der Waals surface area contributed by atoms with Crippen LogP contribution in [-0.4, -0.2) is 30.5 Å². The van der Waals surface area contributed by atoms with Gasteiger partial charge in [0.2, 0.25) is 5.95 Å². The number of aromatic nitrogens is 5. The highest BCUT2D eigenvalue weighted by Crippen LogP contribution is 2.23. The van der Waals surface area contributed by atoms with Crippen LogP contribution in [0.1, 0.15) is 29.9 Å². The van der Waals surface area contributed by atoms with Crippen LogP contribution in [0.5, 0.6) is 0 Å². The van der Waals surface area contributed by atoms with Gasteiger partial charge in [0.15, 0.2) is 0 Å². The number of rotatable bonds is 5. The molecule has 1 unspecified atom stereocenters. The van der Waals surface area contributed by atoms with Crippen molar-refractivity contribution in [2.24, 2.45) is 0 Å². The van der Waals surface area contributed by atoms with Crippen LogP contribution < -0.4 is 5.32 Å². The molecule has 1 amide bonds. The van der Waals surface area contributed by atoms with Crippen molar-refractivity contribution in [3.63, 3.8) is 0 Å². The summed E-state index contributed by atoms with van der Waals surface area (Å²) < 4.78 is 17.8. The summed E-state index contributed by atoms with van der Waals surface area (Å²) in [5, 5.41) is 11.5. The molecule has 0 saturated carbocycles. The van der Waals surface area contributed by atoms with Crippen LogP contribution in [0.3, 0.4) is 0 Å². The van der Waals surface area contributed by atoms with Crippen LogP contribution in [0.2, 0.25) is 5.02 Å². The van der Waals surface area contributed by atoms with Crippen LogP contribution in [0.15, 0.2) is 29.0 Å². The van der Waals surface area contributed by atoms with E-state index >= 15 is 0 Å². The lowest BCUT2D eigenvalue weighted by molar-refractivity contribution is -0.119. The third kappa shape index (κ3) is 4.03.